The average Bonchev–Trinajstić information content (AvgIpc) is 2.60. The summed E-state index contributed by atoms with van der Waals surface area (Å²) >= 11 is 0. The molecule has 0 unspecified atom stereocenters. The van der Waals surface area contributed by atoms with Crippen molar-refractivity contribution in [1.82, 2.24) is 5.32 Å². The number of hydrogen-bond donors (Lipinski definition) is 2. The summed E-state index contributed by atoms with van der Waals surface area (Å²) in [5.41, 5.74) is 5.24. The number of carbonyl (C=O) groups excluding carboxylic acids is 2. The molecule has 2 aromatic carbocycles. The van der Waals surface area contributed by atoms with Crippen molar-refractivity contribution in [1.29, 1.82) is 0 Å². The van der Waals surface area contributed by atoms with Crippen LogP contribution in [0.2, 0.25) is 0 Å². The SMILES string of the molecule is NC(=O)N[C@@H]1Cc2ccc(F)cc2N(Cc2cc(C(F)F)ccc2F)C1=O. The fourth-order valence-electron chi connectivity index (χ4n) is 3.04. The predicted molar refractivity (Wildman–Crippen MR) is 89.2 cm³/mol. The molecule has 1 atom stereocenters. The number of nitrogens with two attached hydrogens (primary N) is 1. The molecule has 0 aromatic heterocycles. The van der Waals surface area contributed by atoms with Gasteiger partial charge in [0.1, 0.15) is 17.7 Å². The van der Waals surface area contributed by atoms with Gasteiger partial charge in [-0.2, -0.15) is 0 Å². The number of urea groups is 1. The number of hydrogen-bond acceptors (Lipinski definition) is 2. The van der Waals surface area contributed by atoms with E-state index in [0.29, 0.717) is 5.56 Å². The minimum Gasteiger partial charge on any atom is -0.352 e. The van der Waals surface area contributed by atoms with Crippen LogP contribution in [-0.4, -0.2) is 18.0 Å². The van der Waals surface area contributed by atoms with E-state index in [1.807, 2.05) is 0 Å². The van der Waals surface area contributed by atoms with Crippen molar-refractivity contribution in [3.8, 4) is 0 Å². The fraction of sp³-hybridized carbons (Fsp3) is 0.222. The second kappa shape index (κ2) is 7.26. The van der Waals surface area contributed by atoms with Gasteiger partial charge in [-0.25, -0.2) is 22.4 Å². The topological polar surface area (TPSA) is 75.4 Å². The first kappa shape index (κ1) is 18.7. The van der Waals surface area contributed by atoms with Gasteiger partial charge in [-0.1, -0.05) is 12.1 Å². The zero-order chi connectivity index (χ0) is 19.7. The van der Waals surface area contributed by atoms with Gasteiger partial charge in [-0.3, -0.25) is 4.79 Å². The highest BCUT2D eigenvalue weighted by Gasteiger charge is 2.34. The van der Waals surface area contributed by atoms with Crippen molar-refractivity contribution in [2.24, 2.45) is 5.73 Å². The number of fused-ring (bicyclic) bond motifs is 1. The van der Waals surface area contributed by atoms with Crippen LogP contribution in [0.5, 0.6) is 0 Å². The van der Waals surface area contributed by atoms with E-state index in [-0.39, 0.29) is 17.7 Å². The van der Waals surface area contributed by atoms with Crippen LogP contribution in [0.15, 0.2) is 36.4 Å². The first-order valence-corrected chi connectivity index (χ1v) is 7.98. The van der Waals surface area contributed by atoms with Gasteiger partial charge < -0.3 is 16.0 Å². The number of anilines is 1. The number of alkyl halides is 2. The molecule has 1 heterocycles. The van der Waals surface area contributed by atoms with E-state index in [1.165, 1.54) is 12.1 Å². The molecule has 142 valence electrons. The van der Waals surface area contributed by atoms with E-state index in [9.17, 15) is 27.2 Å². The number of nitrogens with one attached hydrogen (secondary N) is 1. The number of benzene rings is 2. The largest absolute Gasteiger partial charge is 0.352 e. The van der Waals surface area contributed by atoms with E-state index >= 15 is 0 Å². The molecule has 0 aliphatic carbocycles. The van der Waals surface area contributed by atoms with Gasteiger partial charge in [-0.05, 0) is 29.8 Å². The maximum Gasteiger partial charge on any atom is 0.312 e. The molecule has 3 amide bonds. The Bertz CT molecular complexity index is 904. The number of halogens is 4. The molecule has 0 saturated carbocycles. The summed E-state index contributed by atoms with van der Waals surface area (Å²) in [7, 11) is 0. The van der Waals surface area contributed by atoms with E-state index in [0.717, 1.165) is 29.2 Å². The third-order valence-corrected chi connectivity index (χ3v) is 4.29. The van der Waals surface area contributed by atoms with Crippen LogP contribution >= 0.6 is 0 Å². The standard InChI is InChI=1S/C18H15F4N3O2/c19-12-3-1-9-6-14(24-18(23)27)17(26)25(15(9)7-12)8-11-5-10(16(21)22)2-4-13(11)20/h1-5,7,14,16H,6,8H2,(H3,23,24,27)/t14-/m1/s1. The number of carbonyl (C=O) groups is 2. The second-order valence-corrected chi connectivity index (χ2v) is 6.11. The van der Waals surface area contributed by atoms with Crippen LogP contribution in [0.4, 0.5) is 28.0 Å². The lowest BCUT2D eigenvalue weighted by molar-refractivity contribution is -0.120. The normalized spacial score (nSPS) is 16.4. The first-order valence-electron chi connectivity index (χ1n) is 7.98. The quantitative estimate of drug-likeness (QED) is 0.799. The number of nitrogens with zero attached hydrogens (tertiary/aromatic N) is 1. The first-order chi connectivity index (χ1) is 12.8. The number of primary amides is 1. The second-order valence-electron chi connectivity index (χ2n) is 6.11. The summed E-state index contributed by atoms with van der Waals surface area (Å²) < 4.78 is 53.7. The Labute approximate surface area is 151 Å². The Kier molecular flexibility index (Phi) is 5.02. The summed E-state index contributed by atoms with van der Waals surface area (Å²) in [6.45, 7) is -0.404. The summed E-state index contributed by atoms with van der Waals surface area (Å²) in [6.07, 6.45) is -2.73. The van der Waals surface area contributed by atoms with Crippen LogP contribution in [0.25, 0.3) is 0 Å². The van der Waals surface area contributed by atoms with Crippen LogP contribution in [0.1, 0.15) is 23.1 Å². The molecule has 27 heavy (non-hydrogen) atoms. The Balaban J connectivity index is 2.02. The smallest absolute Gasteiger partial charge is 0.312 e. The molecule has 5 nitrogen and oxygen atoms in total. The average molecular weight is 381 g/mol. The Morgan fingerprint density at radius 1 is 1.22 bits per heavy atom. The zero-order valence-electron chi connectivity index (χ0n) is 13.9. The monoisotopic (exact) mass is 381 g/mol. The maximum absolute atomic E-state index is 14.1. The van der Waals surface area contributed by atoms with Crippen LogP contribution in [0, 0.1) is 11.6 Å². The van der Waals surface area contributed by atoms with Crippen molar-refractivity contribution in [3.05, 3.63) is 64.7 Å². The van der Waals surface area contributed by atoms with Gasteiger partial charge in [0, 0.05) is 17.5 Å². The van der Waals surface area contributed by atoms with Crippen LogP contribution in [0.3, 0.4) is 0 Å². The molecule has 3 rings (SSSR count). The minimum atomic E-state index is -2.81. The Hall–Kier alpha value is -3.10. The van der Waals surface area contributed by atoms with E-state index in [1.54, 1.807) is 0 Å². The Morgan fingerprint density at radius 2 is 1.96 bits per heavy atom. The number of amides is 3. The van der Waals surface area contributed by atoms with Crippen molar-refractivity contribution in [2.45, 2.75) is 25.4 Å². The molecular formula is C18H15F4N3O2. The van der Waals surface area contributed by atoms with E-state index < -0.39 is 48.1 Å². The molecule has 1 aliphatic rings. The molecular weight excluding hydrogens is 366 g/mol. The van der Waals surface area contributed by atoms with Gasteiger partial charge in [0.25, 0.3) is 6.43 Å². The molecule has 0 bridgehead atoms. The molecule has 0 saturated heterocycles. The predicted octanol–water partition coefficient (Wildman–Crippen LogP) is 3.03. The summed E-state index contributed by atoms with van der Waals surface area (Å²) in [5, 5.41) is 2.29. The molecule has 2 aromatic rings. The third-order valence-electron chi connectivity index (χ3n) is 4.29. The van der Waals surface area contributed by atoms with Gasteiger partial charge >= 0.3 is 6.03 Å². The summed E-state index contributed by atoms with van der Waals surface area (Å²) in [5.74, 6) is -2.04. The molecule has 0 radical (unpaired) electrons. The van der Waals surface area contributed by atoms with Crippen LogP contribution < -0.4 is 16.0 Å². The lowest BCUT2D eigenvalue weighted by atomic mass is 9.96. The van der Waals surface area contributed by atoms with Gasteiger partial charge in [0.2, 0.25) is 5.91 Å². The summed E-state index contributed by atoms with van der Waals surface area (Å²) in [6, 6.07) is 4.56. The lowest BCUT2D eigenvalue weighted by Gasteiger charge is -2.34. The Morgan fingerprint density at radius 3 is 2.63 bits per heavy atom. The fourth-order valence-corrected chi connectivity index (χ4v) is 3.04. The van der Waals surface area contributed by atoms with Gasteiger partial charge in [0.15, 0.2) is 0 Å². The van der Waals surface area contributed by atoms with Crippen LogP contribution in [-0.2, 0) is 17.8 Å². The molecule has 3 N–H and O–H groups in total. The lowest BCUT2D eigenvalue weighted by Crippen LogP contribution is -2.53. The van der Waals surface area contributed by atoms with Crippen molar-refractivity contribution in [3.63, 3.8) is 0 Å². The number of rotatable bonds is 4. The molecule has 9 heteroatoms. The summed E-state index contributed by atoms with van der Waals surface area (Å²) in [4.78, 5) is 24.9. The molecule has 1 aliphatic heterocycles. The maximum atomic E-state index is 14.1. The minimum absolute atomic E-state index is 0.0768. The third kappa shape index (κ3) is 3.86. The highest BCUT2D eigenvalue weighted by Crippen LogP contribution is 2.31. The highest BCUT2D eigenvalue weighted by molar-refractivity contribution is 6.01. The zero-order valence-corrected chi connectivity index (χ0v) is 13.9. The van der Waals surface area contributed by atoms with E-state index in [2.05, 4.69) is 5.32 Å². The molecule has 0 spiro atoms. The molecule has 0 fully saturated rings. The highest BCUT2D eigenvalue weighted by atomic mass is 19.3. The van der Waals surface area contributed by atoms with Crippen molar-refractivity contribution in [2.75, 3.05) is 4.90 Å². The van der Waals surface area contributed by atoms with Crippen molar-refractivity contribution >= 4 is 17.6 Å². The van der Waals surface area contributed by atoms with Gasteiger partial charge in [0.05, 0.1) is 12.2 Å². The van der Waals surface area contributed by atoms with Gasteiger partial charge in [-0.15, -0.1) is 0 Å². The van der Waals surface area contributed by atoms with Crippen molar-refractivity contribution < 1.29 is 27.2 Å². The van der Waals surface area contributed by atoms with E-state index in [4.69, 9.17) is 5.73 Å².